The summed E-state index contributed by atoms with van der Waals surface area (Å²) in [6, 6.07) is 0. The predicted octanol–water partition coefficient (Wildman–Crippen LogP) is 6.12. The summed E-state index contributed by atoms with van der Waals surface area (Å²) in [6.07, 6.45) is 29.3. The summed E-state index contributed by atoms with van der Waals surface area (Å²) >= 11 is 0. The Balaban J connectivity index is 3.35. The molecule has 0 saturated heterocycles. The molecule has 1 nitrogen and oxygen atoms in total. The summed E-state index contributed by atoms with van der Waals surface area (Å²) < 4.78 is 0. The summed E-state index contributed by atoms with van der Waals surface area (Å²) in [6.45, 7) is 2.56. The highest BCUT2D eigenvalue weighted by Crippen LogP contribution is 2.01. The minimum Gasteiger partial charge on any atom is -0.396 e. The molecule has 21 heavy (non-hydrogen) atoms. The van der Waals surface area contributed by atoms with Crippen LogP contribution < -0.4 is 0 Å². The van der Waals surface area contributed by atoms with E-state index in [1.165, 1.54) is 25.7 Å². The Kier molecular flexibility index (Phi) is 17.9. The van der Waals surface area contributed by atoms with E-state index in [-0.39, 0.29) is 0 Å². The van der Waals surface area contributed by atoms with Crippen molar-refractivity contribution in [3.8, 4) is 0 Å². The van der Waals surface area contributed by atoms with Gasteiger partial charge in [0.1, 0.15) is 0 Å². The largest absolute Gasteiger partial charge is 0.396 e. The molecule has 0 heterocycles. The Hall–Kier alpha value is -1.08. The second-order valence-corrected chi connectivity index (χ2v) is 5.31. The minimum absolute atomic E-state index is 0.313. The second-order valence-electron chi connectivity index (χ2n) is 5.31. The van der Waals surface area contributed by atoms with E-state index in [0.717, 1.165) is 38.5 Å². The molecule has 0 rings (SSSR count). The maximum atomic E-state index is 8.65. The van der Waals surface area contributed by atoms with Crippen molar-refractivity contribution in [1.82, 2.24) is 0 Å². The van der Waals surface area contributed by atoms with Gasteiger partial charge >= 0.3 is 0 Å². The number of allylic oxidation sites excluding steroid dienone is 8. The van der Waals surface area contributed by atoms with Crippen LogP contribution in [-0.4, -0.2) is 11.7 Å². The fourth-order valence-electron chi connectivity index (χ4n) is 1.93. The molecule has 0 unspecified atom stereocenters. The van der Waals surface area contributed by atoms with E-state index in [9.17, 15) is 0 Å². The van der Waals surface area contributed by atoms with Crippen LogP contribution in [0.2, 0.25) is 0 Å². The molecule has 0 aliphatic carbocycles. The first kappa shape index (κ1) is 19.9. The third kappa shape index (κ3) is 18.9. The van der Waals surface area contributed by atoms with Gasteiger partial charge in [0.15, 0.2) is 0 Å². The van der Waals surface area contributed by atoms with Crippen molar-refractivity contribution in [1.29, 1.82) is 0 Å². The van der Waals surface area contributed by atoms with Gasteiger partial charge in [0, 0.05) is 6.61 Å². The molecule has 0 spiro atoms. The quantitative estimate of drug-likeness (QED) is 0.301. The molecular weight excluding hydrogens is 256 g/mol. The molecule has 120 valence electrons. The molecule has 1 N–H and O–H groups in total. The first-order valence-electron chi connectivity index (χ1n) is 8.62. The topological polar surface area (TPSA) is 20.2 Å². The molecule has 0 fully saturated rings. The van der Waals surface area contributed by atoms with Crippen LogP contribution in [0, 0.1) is 0 Å². The molecule has 0 aromatic rings. The first-order valence-corrected chi connectivity index (χ1v) is 8.62. The van der Waals surface area contributed by atoms with Gasteiger partial charge in [-0.3, -0.25) is 0 Å². The maximum Gasteiger partial charge on any atom is 0.0431 e. The Labute approximate surface area is 132 Å². The summed E-state index contributed by atoms with van der Waals surface area (Å²) in [7, 11) is 0. The minimum atomic E-state index is 0.313. The smallest absolute Gasteiger partial charge is 0.0431 e. The van der Waals surface area contributed by atoms with Gasteiger partial charge in [0.05, 0.1) is 0 Å². The molecule has 0 aromatic carbocycles. The number of rotatable bonds is 14. The van der Waals surface area contributed by atoms with Crippen molar-refractivity contribution < 1.29 is 5.11 Å². The molecule has 0 bridgehead atoms. The standard InChI is InChI=1S/C20H34O/c1-2-3-4-5-6-7-8-9-10-11-12-13-14-15-16-17-18-19-20-21/h6-7,9-10,12-13,15-16,21H,2-5,8,11,14,17-20H2,1H3/b7-6-,10-9-,13-12?,16-15?. The number of aliphatic hydroxyl groups is 1. The van der Waals surface area contributed by atoms with Gasteiger partial charge in [-0.1, -0.05) is 68.4 Å². The van der Waals surface area contributed by atoms with Crippen LogP contribution in [0.25, 0.3) is 0 Å². The lowest BCUT2D eigenvalue weighted by molar-refractivity contribution is 0.285. The highest BCUT2D eigenvalue weighted by Gasteiger charge is 1.82. The van der Waals surface area contributed by atoms with Gasteiger partial charge in [-0.25, -0.2) is 0 Å². The zero-order valence-electron chi connectivity index (χ0n) is 13.8. The lowest BCUT2D eigenvalue weighted by Gasteiger charge is -1.91. The number of aliphatic hydroxyl groups excluding tert-OH is 1. The summed E-state index contributed by atoms with van der Waals surface area (Å²) in [5.41, 5.74) is 0. The Bertz CT molecular complexity index is 267. The van der Waals surface area contributed by atoms with E-state index >= 15 is 0 Å². The van der Waals surface area contributed by atoms with Crippen LogP contribution in [0.1, 0.15) is 71.1 Å². The highest BCUT2D eigenvalue weighted by molar-refractivity contribution is 4.99. The van der Waals surface area contributed by atoms with E-state index in [1.54, 1.807) is 0 Å². The van der Waals surface area contributed by atoms with Gasteiger partial charge in [-0.2, -0.15) is 0 Å². The molecule has 0 radical (unpaired) electrons. The third-order valence-corrected chi connectivity index (χ3v) is 3.24. The van der Waals surface area contributed by atoms with Crippen molar-refractivity contribution in [3.05, 3.63) is 48.6 Å². The van der Waals surface area contributed by atoms with E-state index in [0.29, 0.717) is 6.61 Å². The van der Waals surface area contributed by atoms with Crippen LogP contribution in [0.3, 0.4) is 0 Å². The van der Waals surface area contributed by atoms with Crippen LogP contribution >= 0.6 is 0 Å². The highest BCUT2D eigenvalue weighted by atomic mass is 16.2. The van der Waals surface area contributed by atoms with Crippen molar-refractivity contribution in [2.45, 2.75) is 71.1 Å². The molecule has 1 heteroatoms. The SMILES string of the molecule is CCCCC/C=C\C/C=C\CC=CCC=CCCCCO. The van der Waals surface area contributed by atoms with Crippen LogP contribution in [0.15, 0.2) is 48.6 Å². The average molecular weight is 290 g/mol. The maximum absolute atomic E-state index is 8.65. The predicted molar refractivity (Wildman–Crippen MR) is 95.5 cm³/mol. The van der Waals surface area contributed by atoms with Crippen molar-refractivity contribution in [2.24, 2.45) is 0 Å². The third-order valence-electron chi connectivity index (χ3n) is 3.24. The number of unbranched alkanes of at least 4 members (excludes halogenated alkanes) is 5. The van der Waals surface area contributed by atoms with Crippen LogP contribution in [0.4, 0.5) is 0 Å². The number of hydrogen-bond donors (Lipinski definition) is 1. The molecule has 0 atom stereocenters. The van der Waals surface area contributed by atoms with Crippen molar-refractivity contribution >= 4 is 0 Å². The van der Waals surface area contributed by atoms with E-state index < -0.39 is 0 Å². The first-order chi connectivity index (χ1) is 10.4. The summed E-state index contributed by atoms with van der Waals surface area (Å²) in [5.74, 6) is 0. The second kappa shape index (κ2) is 18.9. The summed E-state index contributed by atoms with van der Waals surface area (Å²) in [5, 5.41) is 8.65. The van der Waals surface area contributed by atoms with Gasteiger partial charge in [0.2, 0.25) is 0 Å². The molecule has 0 amide bonds. The zero-order valence-corrected chi connectivity index (χ0v) is 13.8. The van der Waals surface area contributed by atoms with E-state index in [4.69, 9.17) is 5.11 Å². The zero-order chi connectivity index (χ0) is 15.4. The lowest BCUT2D eigenvalue weighted by atomic mass is 10.2. The monoisotopic (exact) mass is 290 g/mol. The molecule has 0 aromatic heterocycles. The molecule has 0 aliphatic heterocycles. The lowest BCUT2D eigenvalue weighted by Crippen LogP contribution is -1.79. The molecule has 0 aliphatic rings. The van der Waals surface area contributed by atoms with Crippen molar-refractivity contribution in [2.75, 3.05) is 6.61 Å². The Morgan fingerprint density at radius 2 is 1.00 bits per heavy atom. The van der Waals surface area contributed by atoms with Crippen LogP contribution in [-0.2, 0) is 0 Å². The Morgan fingerprint density at radius 3 is 1.43 bits per heavy atom. The molecular formula is C20H34O. The van der Waals surface area contributed by atoms with Crippen LogP contribution in [0.5, 0.6) is 0 Å². The average Bonchev–Trinajstić information content (AvgIpc) is 2.50. The Morgan fingerprint density at radius 1 is 0.571 bits per heavy atom. The molecule has 0 saturated carbocycles. The van der Waals surface area contributed by atoms with Gasteiger partial charge < -0.3 is 5.11 Å². The van der Waals surface area contributed by atoms with E-state index in [1.807, 2.05) is 0 Å². The van der Waals surface area contributed by atoms with Gasteiger partial charge in [-0.05, 0) is 51.4 Å². The fraction of sp³-hybridized carbons (Fsp3) is 0.600. The van der Waals surface area contributed by atoms with Gasteiger partial charge in [0.25, 0.3) is 0 Å². The van der Waals surface area contributed by atoms with Gasteiger partial charge in [-0.15, -0.1) is 0 Å². The van der Waals surface area contributed by atoms with Crippen molar-refractivity contribution in [3.63, 3.8) is 0 Å². The normalized spacial score (nSPS) is 12.7. The summed E-state index contributed by atoms with van der Waals surface area (Å²) in [4.78, 5) is 0. The van der Waals surface area contributed by atoms with E-state index in [2.05, 4.69) is 55.5 Å². The fourth-order valence-corrected chi connectivity index (χ4v) is 1.93. The number of hydrogen-bond acceptors (Lipinski definition) is 1.